The molecule has 4 aromatic rings. The fourth-order valence-electron chi connectivity index (χ4n) is 4.55. The van der Waals surface area contributed by atoms with Crippen LogP contribution in [0.4, 0.5) is 0 Å². The number of nitrogens with one attached hydrogen (secondary N) is 1. The molecule has 0 spiro atoms. The van der Waals surface area contributed by atoms with E-state index in [1.165, 1.54) is 17.5 Å². The van der Waals surface area contributed by atoms with Crippen molar-refractivity contribution in [2.45, 2.75) is 39.0 Å². The van der Waals surface area contributed by atoms with Crippen molar-refractivity contribution < 1.29 is 19.1 Å². The number of fused-ring (bicyclic) bond motifs is 1. The van der Waals surface area contributed by atoms with Crippen LogP contribution in [0.1, 0.15) is 44.2 Å². The zero-order valence-electron chi connectivity index (χ0n) is 21.3. The summed E-state index contributed by atoms with van der Waals surface area (Å²) >= 11 is 0. The van der Waals surface area contributed by atoms with Crippen LogP contribution in [0.3, 0.4) is 0 Å². The first kappa shape index (κ1) is 25.6. The number of β-amino-alcohol motifs (C(OH)–C–C–N with tert-alkyl or cyclic N) is 1. The monoisotopic (exact) mass is 513 g/mol. The van der Waals surface area contributed by atoms with E-state index in [0.717, 1.165) is 48.0 Å². The summed E-state index contributed by atoms with van der Waals surface area (Å²) in [6.45, 7) is 4.46. The molecule has 9 nitrogen and oxygen atoms in total. The average Bonchev–Trinajstić information content (AvgIpc) is 3.35. The van der Waals surface area contributed by atoms with Gasteiger partial charge in [-0.3, -0.25) is 19.7 Å². The molecule has 9 heteroatoms. The van der Waals surface area contributed by atoms with E-state index in [9.17, 15) is 9.90 Å². The van der Waals surface area contributed by atoms with E-state index >= 15 is 0 Å². The normalized spacial score (nSPS) is 14.1. The van der Waals surface area contributed by atoms with Crippen LogP contribution in [0.5, 0.6) is 5.75 Å². The van der Waals surface area contributed by atoms with Crippen LogP contribution in [0, 0.1) is 6.92 Å². The summed E-state index contributed by atoms with van der Waals surface area (Å²) in [7, 11) is 0. The van der Waals surface area contributed by atoms with Gasteiger partial charge in [-0.15, -0.1) is 0 Å². The Kier molecular flexibility index (Phi) is 8.06. The number of benzene rings is 1. The fourth-order valence-corrected chi connectivity index (χ4v) is 4.55. The Morgan fingerprint density at radius 1 is 1.18 bits per heavy atom. The number of amides is 1. The van der Waals surface area contributed by atoms with Crippen molar-refractivity contribution in [1.29, 1.82) is 0 Å². The Hall–Kier alpha value is -4.08. The van der Waals surface area contributed by atoms with Crippen molar-refractivity contribution in [1.82, 2.24) is 25.2 Å². The second-order valence-electron chi connectivity index (χ2n) is 9.50. The molecular weight excluding hydrogens is 482 g/mol. The number of aryl methyl sites for hydroxylation is 1. The maximum atomic E-state index is 12.7. The highest BCUT2D eigenvalue weighted by atomic mass is 16.5. The molecule has 4 heterocycles. The summed E-state index contributed by atoms with van der Waals surface area (Å²) < 4.78 is 11.2. The maximum absolute atomic E-state index is 12.7. The Bertz CT molecular complexity index is 1370. The molecule has 3 aromatic heterocycles. The summed E-state index contributed by atoms with van der Waals surface area (Å²) in [5, 5.41) is 13.5. The average molecular weight is 514 g/mol. The van der Waals surface area contributed by atoms with E-state index in [1.54, 1.807) is 30.7 Å². The molecule has 0 fully saturated rings. The minimum atomic E-state index is -0.676. The van der Waals surface area contributed by atoms with E-state index in [4.69, 9.17) is 9.15 Å². The van der Waals surface area contributed by atoms with Gasteiger partial charge in [0.1, 0.15) is 12.4 Å². The molecule has 196 valence electrons. The summed E-state index contributed by atoms with van der Waals surface area (Å²) in [4.78, 5) is 27.5. The quantitative estimate of drug-likeness (QED) is 0.333. The predicted octanol–water partition coefficient (Wildman–Crippen LogP) is 3.09. The van der Waals surface area contributed by atoms with Gasteiger partial charge < -0.3 is 19.6 Å². The van der Waals surface area contributed by atoms with Gasteiger partial charge in [-0.1, -0.05) is 12.1 Å². The fraction of sp³-hybridized carbons (Fsp3) is 0.310. The predicted molar refractivity (Wildman–Crippen MR) is 141 cm³/mol. The first-order valence-electron chi connectivity index (χ1n) is 12.7. The van der Waals surface area contributed by atoms with Crippen LogP contribution < -0.4 is 10.1 Å². The van der Waals surface area contributed by atoms with Gasteiger partial charge in [0, 0.05) is 62.4 Å². The minimum absolute atomic E-state index is 0.177. The van der Waals surface area contributed by atoms with Crippen LogP contribution in [0.2, 0.25) is 0 Å². The van der Waals surface area contributed by atoms with Gasteiger partial charge in [-0.05, 0) is 60.4 Å². The number of ether oxygens (including phenoxy) is 1. The third-order valence-electron chi connectivity index (χ3n) is 6.64. The lowest BCUT2D eigenvalue weighted by Gasteiger charge is -2.30. The topological polar surface area (TPSA) is 114 Å². The van der Waals surface area contributed by atoms with Gasteiger partial charge >= 0.3 is 0 Å². The summed E-state index contributed by atoms with van der Waals surface area (Å²) in [6, 6.07) is 13.4. The minimum Gasteiger partial charge on any atom is -0.486 e. The van der Waals surface area contributed by atoms with Gasteiger partial charge in [-0.25, -0.2) is 4.98 Å². The molecule has 1 aromatic carbocycles. The van der Waals surface area contributed by atoms with Crippen molar-refractivity contribution in [3.8, 4) is 5.75 Å². The first-order valence-corrected chi connectivity index (χ1v) is 12.7. The largest absolute Gasteiger partial charge is 0.486 e. The highest BCUT2D eigenvalue weighted by Crippen LogP contribution is 2.25. The number of pyridine rings is 2. The van der Waals surface area contributed by atoms with Crippen LogP contribution in [-0.2, 0) is 26.0 Å². The van der Waals surface area contributed by atoms with Gasteiger partial charge in [0.15, 0.2) is 12.2 Å². The zero-order valence-corrected chi connectivity index (χ0v) is 21.3. The maximum Gasteiger partial charge on any atom is 0.251 e. The van der Waals surface area contributed by atoms with E-state index < -0.39 is 6.10 Å². The highest BCUT2D eigenvalue weighted by molar-refractivity contribution is 5.94. The molecule has 1 amide bonds. The lowest BCUT2D eigenvalue weighted by molar-refractivity contribution is 0.0841. The van der Waals surface area contributed by atoms with Gasteiger partial charge in [0.05, 0.1) is 11.8 Å². The standard InChI is InChI=1S/C29H31N5O4/c1-20-28(38-19-33-20)18-37-27-5-4-24-16-34(10-7-22(24)13-27)17-26(35)15-32-29(36)23-6-9-31-25(12-23)11-21-3-2-8-30-14-21/h2-6,8-9,12-14,19,26,35H,7,10-11,15-18H2,1H3,(H,32,36)/t26-/m0/s1. The SMILES string of the molecule is Cc1ncoc1COc1ccc2c(c1)CCN(C[C@@H](O)CNC(=O)c1ccnc(Cc3cccnc3)c1)C2. The number of aromatic nitrogens is 3. The summed E-state index contributed by atoms with van der Waals surface area (Å²) in [5.74, 6) is 1.30. The molecule has 0 unspecified atom stereocenters. The van der Waals surface area contributed by atoms with Crippen LogP contribution in [0.25, 0.3) is 0 Å². The Morgan fingerprint density at radius 2 is 2.11 bits per heavy atom. The molecule has 0 aliphatic carbocycles. The number of carbonyl (C=O) groups excluding carboxylic acids is 1. The van der Waals surface area contributed by atoms with E-state index in [2.05, 4.69) is 37.3 Å². The molecule has 2 N–H and O–H groups in total. The number of hydrogen-bond acceptors (Lipinski definition) is 8. The molecule has 0 radical (unpaired) electrons. The molecule has 1 atom stereocenters. The second kappa shape index (κ2) is 12.0. The number of nitrogens with zero attached hydrogens (tertiary/aromatic N) is 4. The number of aliphatic hydroxyl groups is 1. The Balaban J connectivity index is 1.09. The third kappa shape index (κ3) is 6.62. The zero-order chi connectivity index (χ0) is 26.3. The lowest BCUT2D eigenvalue weighted by atomic mass is 9.99. The smallest absolute Gasteiger partial charge is 0.251 e. The van der Waals surface area contributed by atoms with Crippen molar-refractivity contribution >= 4 is 5.91 Å². The van der Waals surface area contributed by atoms with Crippen LogP contribution in [0.15, 0.2) is 71.9 Å². The molecule has 0 saturated carbocycles. The van der Waals surface area contributed by atoms with Gasteiger partial charge in [0.2, 0.25) is 0 Å². The van der Waals surface area contributed by atoms with Crippen LogP contribution in [-0.4, -0.2) is 56.6 Å². The number of carbonyl (C=O) groups is 1. The summed E-state index contributed by atoms with van der Waals surface area (Å²) in [6.07, 6.45) is 7.36. The first-order chi connectivity index (χ1) is 18.5. The van der Waals surface area contributed by atoms with Crippen molar-refractivity contribution in [3.63, 3.8) is 0 Å². The number of hydrogen-bond donors (Lipinski definition) is 2. The number of oxazole rings is 1. The molecule has 1 aliphatic rings. The second-order valence-corrected chi connectivity index (χ2v) is 9.50. The number of rotatable bonds is 10. The number of aliphatic hydroxyl groups excluding tert-OH is 1. The van der Waals surface area contributed by atoms with Crippen LogP contribution >= 0.6 is 0 Å². The Labute approximate surface area is 221 Å². The molecule has 38 heavy (non-hydrogen) atoms. The molecule has 5 rings (SSSR count). The third-order valence-corrected chi connectivity index (χ3v) is 6.64. The van der Waals surface area contributed by atoms with Crippen molar-refractivity contribution in [2.24, 2.45) is 0 Å². The summed E-state index contributed by atoms with van der Waals surface area (Å²) in [5.41, 5.74) is 5.64. The molecule has 0 bridgehead atoms. The van der Waals surface area contributed by atoms with Gasteiger partial charge in [-0.2, -0.15) is 0 Å². The molecular formula is C29H31N5O4. The van der Waals surface area contributed by atoms with E-state index in [-0.39, 0.29) is 12.5 Å². The molecule has 0 saturated heterocycles. The highest BCUT2D eigenvalue weighted by Gasteiger charge is 2.20. The van der Waals surface area contributed by atoms with Gasteiger partial charge in [0.25, 0.3) is 5.91 Å². The van der Waals surface area contributed by atoms with E-state index in [1.807, 2.05) is 25.1 Å². The lowest BCUT2D eigenvalue weighted by Crippen LogP contribution is -2.42. The van der Waals surface area contributed by atoms with Crippen molar-refractivity contribution in [3.05, 3.63) is 107 Å². The Morgan fingerprint density at radius 3 is 2.92 bits per heavy atom. The molecule has 1 aliphatic heterocycles. The van der Waals surface area contributed by atoms with Crippen molar-refractivity contribution in [2.75, 3.05) is 19.6 Å². The van der Waals surface area contributed by atoms with E-state index in [0.29, 0.717) is 25.1 Å².